The molecule has 0 aliphatic heterocycles. The molecule has 1 aliphatic carbocycles. The van der Waals surface area contributed by atoms with Crippen LogP contribution in [-0.2, 0) is 4.74 Å². The molecule has 152 valence electrons. The monoisotopic (exact) mass is 392 g/mol. The van der Waals surface area contributed by atoms with Gasteiger partial charge in [0.05, 0.1) is 6.61 Å². The highest BCUT2D eigenvalue weighted by atomic mass is 16.5. The van der Waals surface area contributed by atoms with E-state index in [9.17, 15) is 4.79 Å². The molecule has 1 N–H and O–H groups in total. The number of pyridine rings is 1. The molecule has 1 aromatic carbocycles. The molecule has 1 saturated carbocycles. The number of hydrogen-bond acceptors (Lipinski definition) is 5. The van der Waals surface area contributed by atoms with Gasteiger partial charge < -0.3 is 10.1 Å². The van der Waals surface area contributed by atoms with Crippen LogP contribution in [0.3, 0.4) is 0 Å². The van der Waals surface area contributed by atoms with Crippen molar-refractivity contribution in [2.24, 2.45) is 0 Å². The number of aromatic nitrogens is 3. The average molecular weight is 393 g/mol. The standard InChI is InChI=1S/C23H28N4O2/c1-16(17-8-4-3-5-9-17)20-14-18-15-25-23(24-12-13-29-2)26-21(18)27(22(20)28)19-10-6-7-11-19/h3-5,8-9,14-16,19H,6-7,10-13H2,1-2H3,(H,24,25,26). The van der Waals surface area contributed by atoms with Crippen LogP contribution in [0.15, 0.2) is 47.4 Å². The molecule has 0 radical (unpaired) electrons. The molecule has 3 aromatic rings. The molecule has 2 heterocycles. The predicted octanol–water partition coefficient (Wildman–Crippen LogP) is 4.12. The van der Waals surface area contributed by atoms with Crippen molar-refractivity contribution < 1.29 is 4.74 Å². The van der Waals surface area contributed by atoms with Crippen LogP contribution in [0, 0.1) is 0 Å². The zero-order valence-electron chi connectivity index (χ0n) is 17.1. The zero-order valence-corrected chi connectivity index (χ0v) is 17.1. The molecular formula is C23H28N4O2. The molecule has 0 saturated heterocycles. The summed E-state index contributed by atoms with van der Waals surface area (Å²) in [7, 11) is 1.66. The van der Waals surface area contributed by atoms with Crippen molar-refractivity contribution in [1.82, 2.24) is 14.5 Å². The Bertz CT molecular complexity index is 1030. The minimum absolute atomic E-state index is 0.0141. The lowest BCUT2D eigenvalue weighted by Gasteiger charge is -2.20. The third-order valence-corrected chi connectivity index (χ3v) is 5.85. The highest BCUT2D eigenvalue weighted by Crippen LogP contribution is 2.32. The lowest BCUT2D eigenvalue weighted by molar-refractivity contribution is 0.210. The molecule has 4 rings (SSSR count). The highest BCUT2D eigenvalue weighted by molar-refractivity contribution is 5.76. The van der Waals surface area contributed by atoms with Crippen LogP contribution in [0.1, 0.15) is 55.7 Å². The van der Waals surface area contributed by atoms with E-state index in [1.165, 1.54) is 0 Å². The van der Waals surface area contributed by atoms with Crippen LogP contribution < -0.4 is 10.9 Å². The van der Waals surface area contributed by atoms with Crippen molar-refractivity contribution in [1.29, 1.82) is 0 Å². The summed E-state index contributed by atoms with van der Waals surface area (Å²) in [5.74, 6) is 0.546. The van der Waals surface area contributed by atoms with Crippen LogP contribution in [0.4, 0.5) is 5.95 Å². The van der Waals surface area contributed by atoms with E-state index in [0.717, 1.165) is 47.8 Å². The van der Waals surface area contributed by atoms with Gasteiger partial charge >= 0.3 is 0 Å². The van der Waals surface area contributed by atoms with E-state index in [1.54, 1.807) is 7.11 Å². The average Bonchev–Trinajstić information content (AvgIpc) is 3.28. The number of nitrogens with one attached hydrogen (secondary N) is 1. The van der Waals surface area contributed by atoms with Gasteiger partial charge in [0, 0.05) is 42.8 Å². The van der Waals surface area contributed by atoms with E-state index < -0.39 is 0 Å². The van der Waals surface area contributed by atoms with Gasteiger partial charge in [0.25, 0.3) is 5.56 Å². The summed E-state index contributed by atoms with van der Waals surface area (Å²) in [5, 5.41) is 4.08. The van der Waals surface area contributed by atoms with Gasteiger partial charge in [-0.25, -0.2) is 4.98 Å². The van der Waals surface area contributed by atoms with E-state index in [4.69, 9.17) is 9.72 Å². The molecule has 0 amide bonds. The summed E-state index contributed by atoms with van der Waals surface area (Å²) < 4.78 is 7.02. The third-order valence-electron chi connectivity index (χ3n) is 5.85. The molecule has 1 unspecified atom stereocenters. The van der Waals surface area contributed by atoms with Gasteiger partial charge in [0.1, 0.15) is 5.65 Å². The second kappa shape index (κ2) is 8.74. The number of nitrogens with zero attached hydrogens (tertiary/aromatic N) is 3. The smallest absolute Gasteiger partial charge is 0.256 e. The molecule has 29 heavy (non-hydrogen) atoms. The third kappa shape index (κ3) is 4.03. The maximum absolute atomic E-state index is 13.6. The number of anilines is 1. The first-order valence-corrected chi connectivity index (χ1v) is 10.4. The van der Waals surface area contributed by atoms with Crippen molar-refractivity contribution in [2.75, 3.05) is 25.6 Å². The number of ether oxygens (including phenoxy) is 1. The van der Waals surface area contributed by atoms with Crippen molar-refractivity contribution in [3.8, 4) is 0 Å². The lowest BCUT2D eigenvalue weighted by Crippen LogP contribution is -2.29. The first kappa shape index (κ1) is 19.6. The first-order chi connectivity index (χ1) is 14.2. The van der Waals surface area contributed by atoms with Gasteiger partial charge in [-0.15, -0.1) is 0 Å². The Morgan fingerprint density at radius 1 is 1.24 bits per heavy atom. The molecule has 0 spiro atoms. The SMILES string of the molecule is COCCNc1ncc2cc(C(C)c3ccccc3)c(=O)n(C3CCCC3)c2n1. The summed E-state index contributed by atoms with van der Waals surface area (Å²) in [6.07, 6.45) is 6.18. The summed E-state index contributed by atoms with van der Waals surface area (Å²) in [6.45, 7) is 3.29. The summed E-state index contributed by atoms with van der Waals surface area (Å²) in [5.41, 5.74) is 2.74. The van der Waals surface area contributed by atoms with E-state index >= 15 is 0 Å². The van der Waals surface area contributed by atoms with Crippen LogP contribution in [0.25, 0.3) is 11.0 Å². The quantitative estimate of drug-likeness (QED) is 0.613. The molecule has 6 nitrogen and oxygen atoms in total. The van der Waals surface area contributed by atoms with Gasteiger partial charge in [-0.05, 0) is 24.5 Å². The van der Waals surface area contributed by atoms with Gasteiger partial charge in [0.15, 0.2) is 0 Å². The van der Waals surface area contributed by atoms with E-state index in [0.29, 0.717) is 19.1 Å². The van der Waals surface area contributed by atoms with Crippen LogP contribution >= 0.6 is 0 Å². The first-order valence-electron chi connectivity index (χ1n) is 10.4. The number of methoxy groups -OCH3 is 1. The van der Waals surface area contributed by atoms with Crippen molar-refractivity contribution in [2.45, 2.75) is 44.6 Å². The van der Waals surface area contributed by atoms with Gasteiger partial charge in [0.2, 0.25) is 5.95 Å². The van der Waals surface area contributed by atoms with Gasteiger partial charge in [-0.2, -0.15) is 4.98 Å². The number of rotatable bonds is 7. The second-order valence-corrected chi connectivity index (χ2v) is 7.74. The Morgan fingerprint density at radius 3 is 2.72 bits per heavy atom. The summed E-state index contributed by atoms with van der Waals surface area (Å²) in [4.78, 5) is 22.8. The van der Waals surface area contributed by atoms with E-state index in [-0.39, 0.29) is 17.5 Å². The Labute approximate surface area is 171 Å². The largest absolute Gasteiger partial charge is 0.383 e. The second-order valence-electron chi connectivity index (χ2n) is 7.74. The minimum atomic E-state index is 0.0141. The van der Waals surface area contributed by atoms with Crippen molar-refractivity contribution >= 4 is 17.0 Å². The van der Waals surface area contributed by atoms with Crippen molar-refractivity contribution in [3.05, 3.63) is 64.1 Å². The maximum Gasteiger partial charge on any atom is 0.256 e. The molecule has 0 bridgehead atoms. The maximum atomic E-state index is 13.6. The van der Waals surface area contributed by atoms with Gasteiger partial charge in [-0.3, -0.25) is 9.36 Å². The van der Waals surface area contributed by atoms with Crippen LogP contribution in [0.2, 0.25) is 0 Å². The minimum Gasteiger partial charge on any atom is -0.383 e. The summed E-state index contributed by atoms with van der Waals surface area (Å²) >= 11 is 0. The fourth-order valence-corrected chi connectivity index (χ4v) is 4.22. The lowest BCUT2D eigenvalue weighted by atomic mass is 9.93. The number of benzene rings is 1. The molecule has 6 heteroatoms. The Morgan fingerprint density at radius 2 is 2.00 bits per heavy atom. The number of hydrogen-bond donors (Lipinski definition) is 1. The molecule has 1 fully saturated rings. The summed E-state index contributed by atoms with van der Waals surface area (Å²) in [6, 6.07) is 12.4. The number of fused-ring (bicyclic) bond motifs is 1. The molecule has 1 atom stereocenters. The van der Waals surface area contributed by atoms with Gasteiger partial charge in [-0.1, -0.05) is 50.1 Å². The Kier molecular flexibility index (Phi) is 5.90. The zero-order chi connectivity index (χ0) is 20.2. The molecule has 2 aromatic heterocycles. The van der Waals surface area contributed by atoms with Crippen LogP contribution in [0.5, 0.6) is 0 Å². The Hall–Kier alpha value is -2.73. The molecule has 1 aliphatic rings. The molecular weight excluding hydrogens is 364 g/mol. The Balaban J connectivity index is 1.83. The van der Waals surface area contributed by atoms with Crippen molar-refractivity contribution in [3.63, 3.8) is 0 Å². The fourth-order valence-electron chi connectivity index (χ4n) is 4.22. The van der Waals surface area contributed by atoms with Crippen LogP contribution in [-0.4, -0.2) is 34.8 Å². The predicted molar refractivity (Wildman–Crippen MR) is 116 cm³/mol. The van der Waals surface area contributed by atoms with E-state index in [1.807, 2.05) is 35.0 Å². The topological polar surface area (TPSA) is 69.0 Å². The fraction of sp³-hybridized carbons (Fsp3) is 0.435. The van der Waals surface area contributed by atoms with E-state index in [2.05, 4.69) is 29.4 Å². The normalized spacial score (nSPS) is 15.7. The highest BCUT2D eigenvalue weighted by Gasteiger charge is 2.24.